The normalized spacial score (nSPS) is 10.6. The standard InChI is InChI=1S/C13H18N4O/c1-2-6-17-9-12(8-16-17)18-10-13-11(7-14)4-3-5-15-13/h3-5,8-9H,2,6-7,10,14H2,1H3. The van der Waals surface area contributed by atoms with E-state index in [1.54, 1.807) is 12.4 Å². The van der Waals surface area contributed by atoms with Crippen molar-refractivity contribution in [1.29, 1.82) is 0 Å². The SMILES string of the molecule is CCCn1cc(OCc2ncccc2CN)cn1. The van der Waals surface area contributed by atoms with Crippen molar-refractivity contribution in [3.8, 4) is 5.75 Å². The van der Waals surface area contributed by atoms with Gasteiger partial charge in [0.1, 0.15) is 6.61 Å². The predicted octanol–water partition coefficient (Wildman–Crippen LogP) is 1.73. The Morgan fingerprint density at radius 1 is 1.44 bits per heavy atom. The molecule has 0 atom stereocenters. The van der Waals surface area contributed by atoms with E-state index in [2.05, 4.69) is 17.0 Å². The topological polar surface area (TPSA) is 66.0 Å². The van der Waals surface area contributed by atoms with E-state index in [0.29, 0.717) is 13.2 Å². The van der Waals surface area contributed by atoms with Crippen LogP contribution in [0.4, 0.5) is 0 Å². The van der Waals surface area contributed by atoms with Crippen LogP contribution in [0.3, 0.4) is 0 Å². The van der Waals surface area contributed by atoms with Crippen molar-refractivity contribution in [3.63, 3.8) is 0 Å². The van der Waals surface area contributed by atoms with Gasteiger partial charge in [-0.05, 0) is 18.1 Å². The molecular formula is C13H18N4O. The van der Waals surface area contributed by atoms with E-state index < -0.39 is 0 Å². The van der Waals surface area contributed by atoms with Gasteiger partial charge in [0.2, 0.25) is 0 Å². The lowest BCUT2D eigenvalue weighted by molar-refractivity contribution is 0.299. The fourth-order valence-electron chi connectivity index (χ4n) is 1.71. The Hall–Kier alpha value is -1.88. The summed E-state index contributed by atoms with van der Waals surface area (Å²) in [6.07, 6.45) is 6.42. The van der Waals surface area contributed by atoms with Crippen LogP contribution >= 0.6 is 0 Å². The first-order valence-electron chi connectivity index (χ1n) is 6.11. The summed E-state index contributed by atoms with van der Waals surface area (Å²) in [7, 11) is 0. The molecule has 2 aromatic heterocycles. The zero-order valence-electron chi connectivity index (χ0n) is 10.5. The summed E-state index contributed by atoms with van der Waals surface area (Å²) in [5.41, 5.74) is 7.54. The van der Waals surface area contributed by atoms with Crippen LogP contribution in [0.1, 0.15) is 24.6 Å². The lowest BCUT2D eigenvalue weighted by Gasteiger charge is -2.06. The van der Waals surface area contributed by atoms with Crippen molar-refractivity contribution in [2.45, 2.75) is 33.0 Å². The molecule has 0 aliphatic heterocycles. The lowest BCUT2D eigenvalue weighted by atomic mass is 10.2. The molecule has 2 N–H and O–H groups in total. The number of aryl methyl sites for hydroxylation is 1. The highest BCUT2D eigenvalue weighted by molar-refractivity contribution is 5.20. The van der Waals surface area contributed by atoms with Gasteiger partial charge in [-0.3, -0.25) is 9.67 Å². The molecule has 0 radical (unpaired) electrons. The Labute approximate surface area is 107 Å². The van der Waals surface area contributed by atoms with Crippen LogP contribution in [0, 0.1) is 0 Å². The number of aromatic nitrogens is 3. The van der Waals surface area contributed by atoms with E-state index in [1.165, 1.54) is 0 Å². The van der Waals surface area contributed by atoms with Crippen molar-refractivity contribution in [2.75, 3.05) is 0 Å². The molecule has 0 amide bonds. The third kappa shape index (κ3) is 3.07. The molecule has 0 bridgehead atoms. The summed E-state index contributed by atoms with van der Waals surface area (Å²) >= 11 is 0. The lowest BCUT2D eigenvalue weighted by Crippen LogP contribution is -2.06. The molecule has 0 spiro atoms. The Morgan fingerprint density at radius 3 is 3.11 bits per heavy atom. The van der Waals surface area contributed by atoms with Gasteiger partial charge in [-0.15, -0.1) is 0 Å². The molecule has 0 saturated carbocycles. The van der Waals surface area contributed by atoms with Gasteiger partial charge in [-0.1, -0.05) is 13.0 Å². The van der Waals surface area contributed by atoms with Gasteiger partial charge in [0.05, 0.1) is 18.1 Å². The summed E-state index contributed by atoms with van der Waals surface area (Å²) in [5, 5.41) is 4.21. The molecule has 2 rings (SSSR count). The van der Waals surface area contributed by atoms with Crippen LogP contribution in [0.15, 0.2) is 30.7 Å². The Morgan fingerprint density at radius 2 is 2.33 bits per heavy atom. The van der Waals surface area contributed by atoms with Crippen LogP contribution in [0.5, 0.6) is 5.75 Å². The number of nitrogens with zero attached hydrogens (tertiary/aromatic N) is 3. The molecule has 18 heavy (non-hydrogen) atoms. The molecular weight excluding hydrogens is 228 g/mol. The number of hydrogen-bond acceptors (Lipinski definition) is 4. The summed E-state index contributed by atoms with van der Waals surface area (Å²) in [4.78, 5) is 4.28. The number of rotatable bonds is 6. The van der Waals surface area contributed by atoms with Crippen LogP contribution in [-0.2, 0) is 19.7 Å². The molecule has 2 heterocycles. The molecule has 5 heteroatoms. The fourth-order valence-corrected chi connectivity index (χ4v) is 1.71. The maximum atomic E-state index is 5.66. The van der Waals surface area contributed by atoms with E-state index in [4.69, 9.17) is 10.5 Å². The molecule has 0 fully saturated rings. The monoisotopic (exact) mass is 246 g/mol. The van der Waals surface area contributed by atoms with E-state index in [0.717, 1.165) is 30.0 Å². The Kier molecular flexibility index (Phi) is 4.30. The second kappa shape index (κ2) is 6.16. The summed E-state index contributed by atoms with van der Waals surface area (Å²) < 4.78 is 7.53. The van der Waals surface area contributed by atoms with Crippen LogP contribution < -0.4 is 10.5 Å². The second-order valence-corrected chi connectivity index (χ2v) is 4.04. The maximum Gasteiger partial charge on any atom is 0.157 e. The minimum atomic E-state index is 0.422. The molecule has 96 valence electrons. The van der Waals surface area contributed by atoms with Crippen molar-refractivity contribution in [1.82, 2.24) is 14.8 Å². The number of nitrogens with two attached hydrogens (primary N) is 1. The first kappa shape index (κ1) is 12.6. The fraction of sp³-hybridized carbons (Fsp3) is 0.385. The highest BCUT2D eigenvalue weighted by Gasteiger charge is 2.04. The molecule has 0 aliphatic carbocycles. The van der Waals surface area contributed by atoms with E-state index in [-0.39, 0.29) is 0 Å². The average molecular weight is 246 g/mol. The van der Waals surface area contributed by atoms with Crippen molar-refractivity contribution < 1.29 is 4.74 Å². The zero-order chi connectivity index (χ0) is 12.8. The number of ether oxygens (including phenoxy) is 1. The quantitative estimate of drug-likeness (QED) is 0.843. The van der Waals surface area contributed by atoms with Crippen molar-refractivity contribution in [2.24, 2.45) is 5.73 Å². The summed E-state index contributed by atoms with van der Waals surface area (Å²) in [6.45, 7) is 3.91. The Bertz CT molecular complexity index is 495. The van der Waals surface area contributed by atoms with Gasteiger partial charge >= 0.3 is 0 Å². The molecule has 0 unspecified atom stereocenters. The van der Waals surface area contributed by atoms with Gasteiger partial charge in [0, 0.05) is 19.3 Å². The van der Waals surface area contributed by atoms with E-state index >= 15 is 0 Å². The maximum absolute atomic E-state index is 5.66. The number of hydrogen-bond donors (Lipinski definition) is 1. The molecule has 0 aromatic carbocycles. The molecule has 0 saturated heterocycles. The first-order chi connectivity index (χ1) is 8.83. The molecule has 5 nitrogen and oxygen atoms in total. The minimum absolute atomic E-state index is 0.422. The zero-order valence-corrected chi connectivity index (χ0v) is 10.5. The van der Waals surface area contributed by atoms with Crippen LogP contribution in [0.2, 0.25) is 0 Å². The highest BCUT2D eigenvalue weighted by atomic mass is 16.5. The Balaban J connectivity index is 1.97. The van der Waals surface area contributed by atoms with Crippen LogP contribution in [-0.4, -0.2) is 14.8 Å². The van der Waals surface area contributed by atoms with E-state index in [9.17, 15) is 0 Å². The highest BCUT2D eigenvalue weighted by Crippen LogP contribution is 2.12. The third-order valence-corrected chi connectivity index (χ3v) is 2.64. The molecule has 2 aromatic rings. The number of pyridine rings is 1. The van der Waals surface area contributed by atoms with Gasteiger partial charge in [0.25, 0.3) is 0 Å². The summed E-state index contributed by atoms with van der Waals surface area (Å²) in [5.74, 6) is 0.761. The largest absolute Gasteiger partial charge is 0.484 e. The predicted molar refractivity (Wildman–Crippen MR) is 69.0 cm³/mol. The second-order valence-electron chi connectivity index (χ2n) is 4.04. The summed E-state index contributed by atoms with van der Waals surface area (Å²) in [6, 6.07) is 3.84. The van der Waals surface area contributed by atoms with E-state index in [1.807, 2.05) is 23.0 Å². The third-order valence-electron chi connectivity index (χ3n) is 2.64. The van der Waals surface area contributed by atoms with Gasteiger partial charge in [-0.2, -0.15) is 5.10 Å². The first-order valence-corrected chi connectivity index (χ1v) is 6.11. The minimum Gasteiger partial charge on any atom is -0.484 e. The van der Waals surface area contributed by atoms with Gasteiger partial charge in [-0.25, -0.2) is 0 Å². The smallest absolute Gasteiger partial charge is 0.157 e. The van der Waals surface area contributed by atoms with Gasteiger partial charge < -0.3 is 10.5 Å². The van der Waals surface area contributed by atoms with Crippen LogP contribution in [0.25, 0.3) is 0 Å². The van der Waals surface area contributed by atoms with Gasteiger partial charge in [0.15, 0.2) is 5.75 Å². The average Bonchev–Trinajstić information content (AvgIpc) is 2.85. The molecule has 0 aliphatic rings. The van der Waals surface area contributed by atoms with Crippen molar-refractivity contribution >= 4 is 0 Å². The van der Waals surface area contributed by atoms with Crippen molar-refractivity contribution in [3.05, 3.63) is 42.0 Å².